The topological polar surface area (TPSA) is 53.9 Å². The van der Waals surface area contributed by atoms with E-state index < -0.39 is 5.54 Å². The molecule has 3 aliphatic rings. The number of amides is 1. The standard InChI is InChI=1S/C13H21N3O2/c1-9-15-13(12(17)16(9)5-6-18-2)4-3-10-7-14-8-11(10)13/h10-11,14H,3-8H2,1-2H3/t10-,11+,13-/m1/s1. The Bertz CT molecular complexity index is 396. The Morgan fingerprint density at radius 3 is 3.17 bits per heavy atom. The molecule has 3 atom stereocenters. The van der Waals surface area contributed by atoms with Gasteiger partial charge in [-0.1, -0.05) is 0 Å². The number of methoxy groups -OCH3 is 1. The molecule has 0 aromatic heterocycles. The van der Waals surface area contributed by atoms with Gasteiger partial charge in [-0.15, -0.1) is 0 Å². The first-order valence-corrected chi connectivity index (χ1v) is 6.77. The Balaban J connectivity index is 1.84. The van der Waals surface area contributed by atoms with Crippen LogP contribution in [0.25, 0.3) is 0 Å². The Hall–Kier alpha value is -0.940. The maximum absolute atomic E-state index is 12.7. The Kier molecular flexibility index (Phi) is 2.90. The van der Waals surface area contributed by atoms with E-state index in [-0.39, 0.29) is 5.91 Å². The summed E-state index contributed by atoms with van der Waals surface area (Å²) < 4.78 is 5.08. The Morgan fingerprint density at radius 1 is 1.56 bits per heavy atom. The molecule has 100 valence electrons. The summed E-state index contributed by atoms with van der Waals surface area (Å²) in [5.41, 5.74) is -0.452. The number of amidine groups is 1. The smallest absolute Gasteiger partial charge is 0.256 e. The lowest BCUT2D eigenvalue weighted by Crippen LogP contribution is -2.47. The third-order valence-corrected chi connectivity index (χ3v) is 4.74. The van der Waals surface area contributed by atoms with Crippen molar-refractivity contribution in [3.8, 4) is 0 Å². The molecule has 0 unspecified atom stereocenters. The molecule has 0 bridgehead atoms. The van der Waals surface area contributed by atoms with Crippen molar-refractivity contribution >= 4 is 11.7 Å². The lowest BCUT2D eigenvalue weighted by Gasteiger charge is -2.27. The molecule has 2 aliphatic heterocycles. The molecule has 1 N–H and O–H groups in total. The van der Waals surface area contributed by atoms with Crippen molar-refractivity contribution in [3.63, 3.8) is 0 Å². The summed E-state index contributed by atoms with van der Waals surface area (Å²) in [6, 6.07) is 0. The van der Waals surface area contributed by atoms with Crippen LogP contribution >= 0.6 is 0 Å². The van der Waals surface area contributed by atoms with Gasteiger partial charge in [0.1, 0.15) is 11.4 Å². The number of hydrogen-bond acceptors (Lipinski definition) is 4. The van der Waals surface area contributed by atoms with E-state index in [0.717, 1.165) is 31.8 Å². The van der Waals surface area contributed by atoms with E-state index in [0.29, 0.717) is 25.0 Å². The summed E-state index contributed by atoms with van der Waals surface area (Å²) in [6.45, 7) is 5.12. The van der Waals surface area contributed by atoms with Crippen LogP contribution in [0.15, 0.2) is 4.99 Å². The van der Waals surface area contributed by atoms with Crippen LogP contribution in [0.3, 0.4) is 0 Å². The summed E-state index contributed by atoms with van der Waals surface area (Å²) in [7, 11) is 1.66. The molecule has 2 fully saturated rings. The van der Waals surface area contributed by atoms with E-state index in [1.165, 1.54) is 0 Å². The van der Waals surface area contributed by atoms with Gasteiger partial charge in [0.15, 0.2) is 0 Å². The molecule has 0 aromatic rings. The normalized spacial score (nSPS) is 38.7. The fraction of sp³-hybridized carbons (Fsp3) is 0.846. The van der Waals surface area contributed by atoms with Gasteiger partial charge in [-0.2, -0.15) is 0 Å². The lowest BCUT2D eigenvalue weighted by molar-refractivity contribution is -0.132. The molecule has 2 heterocycles. The van der Waals surface area contributed by atoms with Gasteiger partial charge in [-0.05, 0) is 32.2 Å². The number of hydrogen-bond donors (Lipinski definition) is 1. The van der Waals surface area contributed by atoms with Crippen molar-refractivity contribution in [2.24, 2.45) is 16.8 Å². The number of aliphatic imine (C=N–C) groups is 1. The Morgan fingerprint density at radius 2 is 2.39 bits per heavy atom. The molecule has 0 radical (unpaired) electrons. The second-order valence-corrected chi connectivity index (χ2v) is 5.60. The predicted molar refractivity (Wildman–Crippen MR) is 68.5 cm³/mol. The van der Waals surface area contributed by atoms with Crippen molar-refractivity contribution in [2.75, 3.05) is 33.4 Å². The summed E-state index contributed by atoms with van der Waals surface area (Å²) in [4.78, 5) is 19.3. The van der Waals surface area contributed by atoms with E-state index in [2.05, 4.69) is 5.32 Å². The van der Waals surface area contributed by atoms with Gasteiger partial charge in [0.2, 0.25) is 0 Å². The van der Waals surface area contributed by atoms with Crippen LogP contribution in [0.1, 0.15) is 19.8 Å². The largest absolute Gasteiger partial charge is 0.383 e. The molecule has 1 aliphatic carbocycles. The quantitative estimate of drug-likeness (QED) is 0.783. The second kappa shape index (κ2) is 4.31. The van der Waals surface area contributed by atoms with E-state index in [4.69, 9.17) is 9.73 Å². The molecule has 3 rings (SSSR count). The summed E-state index contributed by atoms with van der Waals surface area (Å²) >= 11 is 0. The highest BCUT2D eigenvalue weighted by Crippen LogP contribution is 2.48. The van der Waals surface area contributed by atoms with Crippen molar-refractivity contribution in [1.29, 1.82) is 0 Å². The molecule has 5 nitrogen and oxygen atoms in total. The van der Waals surface area contributed by atoms with Crippen LogP contribution in [0.4, 0.5) is 0 Å². The molecule has 1 saturated heterocycles. The number of nitrogens with zero attached hydrogens (tertiary/aromatic N) is 2. The molecule has 18 heavy (non-hydrogen) atoms. The molecule has 5 heteroatoms. The summed E-state index contributed by atoms with van der Waals surface area (Å²) in [6.07, 6.45) is 2.04. The zero-order chi connectivity index (χ0) is 12.8. The van der Waals surface area contributed by atoms with Crippen LogP contribution in [0.2, 0.25) is 0 Å². The van der Waals surface area contributed by atoms with Crippen LogP contribution in [-0.2, 0) is 9.53 Å². The molecular weight excluding hydrogens is 230 g/mol. The zero-order valence-electron chi connectivity index (χ0n) is 11.1. The number of nitrogens with one attached hydrogen (secondary N) is 1. The van der Waals surface area contributed by atoms with Crippen molar-refractivity contribution < 1.29 is 9.53 Å². The zero-order valence-corrected chi connectivity index (χ0v) is 11.1. The molecular formula is C13H21N3O2. The second-order valence-electron chi connectivity index (χ2n) is 5.60. The first-order valence-electron chi connectivity index (χ1n) is 6.77. The fourth-order valence-corrected chi connectivity index (χ4v) is 3.81. The average molecular weight is 251 g/mol. The van der Waals surface area contributed by atoms with Gasteiger partial charge in [-0.3, -0.25) is 14.7 Å². The summed E-state index contributed by atoms with van der Waals surface area (Å²) in [5, 5.41) is 3.40. The number of rotatable bonds is 3. The summed E-state index contributed by atoms with van der Waals surface area (Å²) in [5.74, 6) is 2.10. The number of fused-ring (bicyclic) bond motifs is 2. The van der Waals surface area contributed by atoms with Gasteiger partial charge in [0.05, 0.1) is 13.2 Å². The van der Waals surface area contributed by atoms with Crippen LogP contribution in [-0.4, -0.2) is 55.5 Å². The monoisotopic (exact) mass is 251 g/mol. The predicted octanol–water partition coefficient (Wildman–Crippen LogP) is 0.262. The van der Waals surface area contributed by atoms with Crippen LogP contribution in [0.5, 0.6) is 0 Å². The van der Waals surface area contributed by atoms with Crippen molar-refractivity contribution in [3.05, 3.63) is 0 Å². The molecule has 1 saturated carbocycles. The van der Waals surface area contributed by atoms with Gasteiger partial charge in [0.25, 0.3) is 5.91 Å². The lowest BCUT2D eigenvalue weighted by atomic mass is 9.85. The molecule has 1 spiro atoms. The highest BCUT2D eigenvalue weighted by atomic mass is 16.5. The first-order chi connectivity index (χ1) is 8.69. The average Bonchev–Trinajstić information content (AvgIpc) is 2.98. The van der Waals surface area contributed by atoms with E-state index in [9.17, 15) is 4.79 Å². The molecule has 0 aromatic carbocycles. The highest BCUT2D eigenvalue weighted by Gasteiger charge is 2.59. The first kappa shape index (κ1) is 12.1. The number of ether oxygens (including phenoxy) is 1. The number of carbonyl (C=O) groups excluding carboxylic acids is 1. The van der Waals surface area contributed by atoms with Crippen LogP contribution < -0.4 is 5.32 Å². The SMILES string of the molecule is COCCN1C(=O)[C@]2(CC[C@@H]3CNC[C@@H]32)N=C1C. The minimum Gasteiger partial charge on any atom is -0.383 e. The maximum Gasteiger partial charge on any atom is 0.256 e. The Labute approximate surface area is 108 Å². The minimum atomic E-state index is -0.452. The third-order valence-electron chi connectivity index (χ3n) is 4.74. The number of carbonyl (C=O) groups is 1. The van der Waals surface area contributed by atoms with E-state index >= 15 is 0 Å². The van der Waals surface area contributed by atoms with E-state index in [1.807, 2.05) is 11.8 Å². The van der Waals surface area contributed by atoms with E-state index in [1.54, 1.807) is 7.11 Å². The molecule has 1 amide bonds. The van der Waals surface area contributed by atoms with Gasteiger partial charge < -0.3 is 10.1 Å². The fourth-order valence-electron chi connectivity index (χ4n) is 3.81. The maximum atomic E-state index is 12.7. The third kappa shape index (κ3) is 1.53. The van der Waals surface area contributed by atoms with Crippen molar-refractivity contribution in [2.45, 2.75) is 25.3 Å². The van der Waals surface area contributed by atoms with Gasteiger partial charge in [0, 0.05) is 19.6 Å². The van der Waals surface area contributed by atoms with Crippen LogP contribution in [0, 0.1) is 11.8 Å². The van der Waals surface area contributed by atoms with Gasteiger partial charge >= 0.3 is 0 Å². The van der Waals surface area contributed by atoms with Gasteiger partial charge in [-0.25, -0.2) is 0 Å². The van der Waals surface area contributed by atoms with Crippen molar-refractivity contribution in [1.82, 2.24) is 10.2 Å². The highest BCUT2D eigenvalue weighted by molar-refractivity contribution is 6.07. The minimum absolute atomic E-state index is 0.202.